The molecule has 2 amide bonds. The summed E-state index contributed by atoms with van der Waals surface area (Å²) in [4.78, 5) is 23.4. The topological polar surface area (TPSA) is 49.4 Å². The molecule has 4 nitrogen and oxygen atoms in total. The molecule has 1 fully saturated rings. The van der Waals surface area contributed by atoms with Crippen LogP contribution in [0.3, 0.4) is 0 Å². The van der Waals surface area contributed by atoms with Crippen LogP contribution in [0.1, 0.15) is 6.42 Å². The molecule has 1 unspecified atom stereocenters. The van der Waals surface area contributed by atoms with Crippen molar-refractivity contribution >= 4 is 23.4 Å². The van der Waals surface area contributed by atoms with E-state index in [1.807, 2.05) is 0 Å². The van der Waals surface area contributed by atoms with Gasteiger partial charge in [0, 0.05) is 13.0 Å². The van der Waals surface area contributed by atoms with Crippen molar-refractivity contribution in [2.45, 2.75) is 18.0 Å². The van der Waals surface area contributed by atoms with Crippen LogP contribution < -0.4 is 5.32 Å². The van der Waals surface area contributed by atoms with Gasteiger partial charge in [0.05, 0.1) is 11.9 Å². The Hall–Kier alpha value is -0.980. The summed E-state index contributed by atoms with van der Waals surface area (Å²) in [6.45, 7) is -1.57. The molecule has 0 radical (unpaired) electrons. The van der Waals surface area contributed by atoms with Gasteiger partial charge >= 0.3 is 6.18 Å². The molecule has 0 aromatic rings. The van der Waals surface area contributed by atoms with Gasteiger partial charge in [0.1, 0.15) is 6.54 Å². The van der Waals surface area contributed by atoms with Crippen LogP contribution >= 0.6 is 11.6 Å². The number of amides is 2. The van der Waals surface area contributed by atoms with Gasteiger partial charge in [-0.25, -0.2) is 0 Å². The maximum absolute atomic E-state index is 11.8. The summed E-state index contributed by atoms with van der Waals surface area (Å²) in [6.07, 6.45) is -4.33. The average molecular weight is 259 g/mol. The molecule has 0 aromatic carbocycles. The van der Waals surface area contributed by atoms with Crippen LogP contribution in [0.25, 0.3) is 0 Å². The second kappa shape index (κ2) is 4.90. The SMILES string of the molecule is O=C(CN1CC(Cl)CC1=O)NCC(F)(F)F. The molecule has 1 atom stereocenters. The summed E-state index contributed by atoms with van der Waals surface area (Å²) in [7, 11) is 0. The number of nitrogens with one attached hydrogen (secondary N) is 1. The molecule has 1 aliphatic rings. The maximum atomic E-state index is 11.8. The molecule has 0 aliphatic carbocycles. The number of halogens is 4. The van der Waals surface area contributed by atoms with Crippen molar-refractivity contribution in [1.29, 1.82) is 0 Å². The zero-order valence-electron chi connectivity index (χ0n) is 8.18. The molecular weight excluding hydrogens is 249 g/mol. The number of hydrogen-bond donors (Lipinski definition) is 1. The fourth-order valence-corrected chi connectivity index (χ4v) is 1.60. The highest BCUT2D eigenvalue weighted by molar-refractivity contribution is 6.22. The minimum atomic E-state index is -4.44. The number of carbonyl (C=O) groups is 2. The summed E-state index contributed by atoms with van der Waals surface area (Å²) in [6, 6.07) is 0. The smallest absolute Gasteiger partial charge is 0.345 e. The average Bonchev–Trinajstić information content (AvgIpc) is 2.41. The maximum Gasteiger partial charge on any atom is 0.405 e. The van der Waals surface area contributed by atoms with E-state index in [0.717, 1.165) is 4.90 Å². The molecular formula is C8H10ClF3N2O2. The Labute approximate surface area is 94.7 Å². The highest BCUT2D eigenvalue weighted by Gasteiger charge is 2.31. The first-order chi connectivity index (χ1) is 7.28. The van der Waals surface area contributed by atoms with E-state index >= 15 is 0 Å². The van der Waals surface area contributed by atoms with Crippen LogP contribution in [0.15, 0.2) is 0 Å². The van der Waals surface area contributed by atoms with E-state index in [1.165, 1.54) is 0 Å². The van der Waals surface area contributed by atoms with Crippen molar-refractivity contribution in [3.8, 4) is 0 Å². The predicted molar refractivity (Wildman–Crippen MR) is 49.9 cm³/mol. The number of alkyl halides is 4. The molecule has 16 heavy (non-hydrogen) atoms. The zero-order chi connectivity index (χ0) is 12.3. The highest BCUT2D eigenvalue weighted by Crippen LogP contribution is 2.16. The first-order valence-electron chi connectivity index (χ1n) is 4.53. The Bertz CT molecular complexity index is 295. The van der Waals surface area contributed by atoms with Crippen LogP contribution in [0.5, 0.6) is 0 Å². The highest BCUT2D eigenvalue weighted by atomic mass is 35.5. The molecule has 92 valence electrons. The molecule has 1 aliphatic heterocycles. The fourth-order valence-electron chi connectivity index (χ4n) is 1.30. The van der Waals surface area contributed by atoms with E-state index in [1.54, 1.807) is 5.32 Å². The van der Waals surface area contributed by atoms with Crippen molar-refractivity contribution < 1.29 is 22.8 Å². The molecule has 1 heterocycles. The largest absolute Gasteiger partial charge is 0.405 e. The Kier molecular flexibility index (Phi) is 4.01. The Morgan fingerprint density at radius 1 is 1.56 bits per heavy atom. The van der Waals surface area contributed by atoms with Crippen LogP contribution in [0.2, 0.25) is 0 Å². The monoisotopic (exact) mass is 258 g/mol. The number of likely N-dealkylation sites (tertiary alicyclic amines) is 1. The lowest BCUT2D eigenvalue weighted by atomic mass is 10.4. The van der Waals surface area contributed by atoms with Crippen LogP contribution in [0, 0.1) is 0 Å². The van der Waals surface area contributed by atoms with Crippen LogP contribution in [0.4, 0.5) is 13.2 Å². The minimum Gasteiger partial charge on any atom is -0.345 e. The molecule has 0 spiro atoms. The van der Waals surface area contributed by atoms with Crippen molar-refractivity contribution in [1.82, 2.24) is 10.2 Å². The van der Waals surface area contributed by atoms with Gasteiger partial charge in [0.25, 0.3) is 0 Å². The van der Waals surface area contributed by atoms with E-state index in [4.69, 9.17) is 11.6 Å². The number of hydrogen-bond acceptors (Lipinski definition) is 2. The van der Waals surface area contributed by atoms with Crippen molar-refractivity contribution in [3.05, 3.63) is 0 Å². The summed E-state index contributed by atoms with van der Waals surface area (Å²) in [5, 5.41) is 1.31. The van der Waals surface area contributed by atoms with Gasteiger partial charge < -0.3 is 10.2 Å². The van der Waals surface area contributed by atoms with Gasteiger partial charge in [0.15, 0.2) is 0 Å². The van der Waals surface area contributed by atoms with Gasteiger partial charge in [0.2, 0.25) is 11.8 Å². The van der Waals surface area contributed by atoms with Gasteiger partial charge in [-0.05, 0) is 0 Å². The lowest BCUT2D eigenvalue weighted by Gasteiger charge is -2.15. The van der Waals surface area contributed by atoms with E-state index < -0.39 is 18.6 Å². The van der Waals surface area contributed by atoms with Gasteiger partial charge in [-0.2, -0.15) is 13.2 Å². The fraction of sp³-hybridized carbons (Fsp3) is 0.750. The van der Waals surface area contributed by atoms with E-state index in [0.29, 0.717) is 0 Å². The first kappa shape index (κ1) is 13.1. The third-order valence-electron chi connectivity index (χ3n) is 1.99. The summed E-state index contributed by atoms with van der Waals surface area (Å²) >= 11 is 5.66. The summed E-state index contributed by atoms with van der Waals surface area (Å²) in [5.41, 5.74) is 0. The molecule has 8 heteroatoms. The second-order valence-corrected chi connectivity index (χ2v) is 4.08. The van der Waals surface area contributed by atoms with Gasteiger partial charge in [-0.1, -0.05) is 0 Å². The molecule has 1 rings (SSSR count). The minimum absolute atomic E-state index is 0.119. The third-order valence-corrected chi connectivity index (χ3v) is 2.28. The molecule has 0 aromatic heterocycles. The quantitative estimate of drug-likeness (QED) is 0.750. The van der Waals surface area contributed by atoms with E-state index in [9.17, 15) is 22.8 Å². The normalized spacial score (nSPS) is 21.4. The summed E-state index contributed by atoms with van der Waals surface area (Å²) < 4.78 is 35.3. The molecule has 1 N–H and O–H groups in total. The number of rotatable bonds is 3. The zero-order valence-corrected chi connectivity index (χ0v) is 8.94. The van der Waals surface area contributed by atoms with Gasteiger partial charge in [-0.3, -0.25) is 9.59 Å². The van der Waals surface area contributed by atoms with E-state index in [-0.39, 0.29) is 30.8 Å². The third kappa shape index (κ3) is 4.26. The molecule has 1 saturated heterocycles. The predicted octanol–water partition coefficient (Wildman–Crippen LogP) is 0.505. The first-order valence-corrected chi connectivity index (χ1v) is 4.97. The lowest BCUT2D eigenvalue weighted by Crippen LogP contribution is -2.41. The lowest BCUT2D eigenvalue weighted by molar-refractivity contribution is -0.141. The summed E-state index contributed by atoms with van der Waals surface area (Å²) in [5.74, 6) is -1.15. The molecule has 0 saturated carbocycles. The number of carbonyl (C=O) groups excluding carboxylic acids is 2. The van der Waals surface area contributed by atoms with Crippen LogP contribution in [-0.4, -0.2) is 47.9 Å². The van der Waals surface area contributed by atoms with Crippen molar-refractivity contribution in [2.24, 2.45) is 0 Å². The Morgan fingerprint density at radius 2 is 2.19 bits per heavy atom. The van der Waals surface area contributed by atoms with Gasteiger partial charge in [-0.15, -0.1) is 11.6 Å². The van der Waals surface area contributed by atoms with E-state index in [2.05, 4.69) is 0 Å². The molecule has 0 bridgehead atoms. The Morgan fingerprint density at radius 3 is 2.62 bits per heavy atom. The van der Waals surface area contributed by atoms with Crippen molar-refractivity contribution in [3.63, 3.8) is 0 Å². The Balaban J connectivity index is 2.32. The van der Waals surface area contributed by atoms with Crippen molar-refractivity contribution in [2.75, 3.05) is 19.6 Å². The number of nitrogens with zero attached hydrogens (tertiary/aromatic N) is 1. The van der Waals surface area contributed by atoms with Crippen LogP contribution in [-0.2, 0) is 9.59 Å². The second-order valence-electron chi connectivity index (χ2n) is 3.47. The standard InChI is InChI=1S/C8H10ClF3N2O2/c9-5-1-7(16)14(2-5)3-6(15)13-4-8(10,11)12/h5H,1-4H2,(H,13,15).